The van der Waals surface area contributed by atoms with Gasteiger partial charge in [0.05, 0.1) is 30.0 Å². The van der Waals surface area contributed by atoms with Crippen molar-refractivity contribution in [2.75, 3.05) is 12.4 Å². The van der Waals surface area contributed by atoms with Gasteiger partial charge >= 0.3 is 5.69 Å². The van der Waals surface area contributed by atoms with E-state index < -0.39 is 4.92 Å². The first-order valence-corrected chi connectivity index (χ1v) is 7.33. The summed E-state index contributed by atoms with van der Waals surface area (Å²) in [6.07, 6.45) is 1.89. The molecule has 0 bridgehead atoms. The van der Waals surface area contributed by atoms with Crippen LogP contribution in [0.15, 0.2) is 60.8 Å². The second-order valence-electron chi connectivity index (χ2n) is 5.08. The molecule has 1 N–H and O–H groups in total. The Hall–Kier alpha value is -3.35. The van der Waals surface area contributed by atoms with Crippen LogP contribution in [0, 0.1) is 10.1 Å². The van der Waals surface area contributed by atoms with Gasteiger partial charge in [-0.25, -0.2) is 4.68 Å². The molecule has 0 aliphatic heterocycles. The summed E-state index contributed by atoms with van der Waals surface area (Å²) in [6, 6.07) is 16.4. The fourth-order valence-electron chi connectivity index (χ4n) is 2.31. The fraction of sp³-hybridized carbons (Fsp3) is 0.118. The molecule has 0 saturated carbocycles. The molecule has 7 heteroatoms. The van der Waals surface area contributed by atoms with Crippen molar-refractivity contribution in [3.63, 3.8) is 0 Å². The smallest absolute Gasteiger partial charge is 0.311 e. The monoisotopic (exact) mass is 324 g/mol. The van der Waals surface area contributed by atoms with E-state index >= 15 is 0 Å². The number of anilines is 1. The van der Waals surface area contributed by atoms with Gasteiger partial charge in [0, 0.05) is 24.0 Å². The van der Waals surface area contributed by atoms with Crippen LogP contribution in [0.5, 0.6) is 5.75 Å². The zero-order valence-electron chi connectivity index (χ0n) is 13.0. The number of nitrogens with one attached hydrogen (secondary N) is 1. The van der Waals surface area contributed by atoms with Crippen LogP contribution in [-0.2, 0) is 6.54 Å². The summed E-state index contributed by atoms with van der Waals surface area (Å²) >= 11 is 0. The summed E-state index contributed by atoms with van der Waals surface area (Å²) in [5.41, 5.74) is 2.51. The molecule has 0 amide bonds. The van der Waals surface area contributed by atoms with Crippen molar-refractivity contribution < 1.29 is 9.66 Å². The molecule has 1 heterocycles. The van der Waals surface area contributed by atoms with E-state index in [-0.39, 0.29) is 11.4 Å². The third-order valence-corrected chi connectivity index (χ3v) is 3.52. The van der Waals surface area contributed by atoms with Gasteiger partial charge in [-0.05, 0) is 24.3 Å². The Bertz CT molecular complexity index is 846. The zero-order chi connectivity index (χ0) is 16.9. The van der Waals surface area contributed by atoms with Crippen LogP contribution in [0.2, 0.25) is 0 Å². The largest absolute Gasteiger partial charge is 0.490 e. The number of methoxy groups -OCH3 is 1. The van der Waals surface area contributed by atoms with E-state index in [4.69, 9.17) is 4.74 Å². The molecule has 0 spiro atoms. The minimum atomic E-state index is -0.468. The topological polar surface area (TPSA) is 82.2 Å². The Balaban J connectivity index is 1.70. The summed E-state index contributed by atoms with van der Waals surface area (Å²) in [5, 5.41) is 18.6. The lowest BCUT2D eigenvalue weighted by molar-refractivity contribution is -0.385. The number of aromatic nitrogens is 2. The van der Waals surface area contributed by atoms with E-state index in [0.29, 0.717) is 6.54 Å². The fourth-order valence-corrected chi connectivity index (χ4v) is 2.31. The second kappa shape index (κ2) is 6.82. The maximum atomic E-state index is 10.9. The average molecular weight is 324 g/mol. The molecule has 1 aromatic heterocycles. The minimum absolute atomic E-state index is 0.0589. The van der Waals surface area contributed by atoms with Gasteiger partial charge < -0.3 is 10.1 Å². The van der Waals surface area contributed by atoms with Crippen LogP contribution in [0.3, 0.4) is 0 Å². The molecule has 122 valence electrons. The van der Waals surface area contributed by atoms with Crippen LogP contribution in [-0.4, -0.2) is 21.8 Å². The Morgan fingerprint density at radius 3 is 2.71 bits per heavy atom. The number of benzene rings is 2. The number of para-hydroxylation sites is 1. The van der Waals surface area contributed by atoms with E-state index in [9.17, 15) is 10.1 Å². The van der Waals surface area contributed by atoms with Gasteiger partial charge in [-0.1, -0.05) is 18.2 Å². The van der Waals surface area contributed by atoms with Gasteiger partial charge in [0.15, 0.2) is 5.75 Å². The predicted molar refractivity (Wildman–Crippen MR) is 90.5 cm³/mol. The first-order chi connectivity index (χ1) is 11.7. The molecule has 0 radical (unpaired) electrons. The van der Waals surface area contributed by atoms with Gasteiger partial charge in [0.25, 0.3) is 0 Å². The number of nitro benzene ring substituents is 1. The van der Waals surface area contributed by atoms with Crippen LogP contribution >= 0.6 is 0 Å². The van der Waals surface area contributed by atoms with Gasteiger partial charge in [0.2, 0.25) is 0 Å². The van der Waals surface area contributed by atoms with Crippen molar-refractivity contribution in [2.24, 2.45) is 0 Å². The molecule has 3 rings (SSSR count). The maximum absolute atomic E-state index is 10.9. The number of hydrogen-bond acceptors (Lipinski definition) is 5. The third-order valence-electron chi connectivity index (χ3n) is 3.52. The van der Waals surface area contributed by atoms with E-state index in [1.807, 2.05) is 42.6 Å². The molecule has 3 aromatic rings. The van der Waals surface area contributed by atoms with Crippen LogP contribution in [0.4, 0.5) is 11.4 Å². The molecule has 0 fully saturated rings. The minimum Gasteiger partial charge on any atom is -0.490 e. The Morgan fingerprint density at radius 2 is 2.00 bits per heavy atom. The third kappa shape index (κ3) is 3.35. The molecule has 0 unspecified atom stereocenters. The Labute approximate surface area is 138 Å². The number of hydrogen-bond donors (Lipinski definition) is 1. The highest BCUT2D eigenvalue weighted by molar-refractivity contribution is 5.58. The van der Waals surface area contributed by atoms with E-state index in [1.54, 1.807) is 16.8 Å². The van der Waals surface area contributed by atoms with Gasteiger partial charge in [-0.2, -0.15) is 5.10 Å². The number of nitrogens with zero attached hydrogens (tertiary/aromatic N) is 3. The first-order valence-electron chi connectivity index (χ1n) is 7.33. The first kappa shape index (κ1) is 15.5. The van der Waals surface area contributed by atoms with Gasteiger partial charge in [0.1, 0.15) is 0 Å². The zero-order valence-corrected chi connectivity index (χ0v) is 13.0. The summed E-state index contributed by atoms with van der Waals surface area (Å²) in [4.78, 5) is 10.4. The number of nitro groups is 1. The summed E-state index contributed by atoms with van der Waals surface area (Å²) in [6.45, 7) is 0.501. The molecule has 2 aromatic carbocycles. The Kier molecular flexibility index (Phi) is 4.42. The van der Waals surface area contributed by atoms with Crippen molar-refractivity contribution in [3.8, 4) is 11.4 Å². The molecule has 0 atom stereocenters. The van der Waals surface area contributed by atoms with Crippen molar-refractivity contribution in [2.45, 2.75) is 6.54 Å². The summed E-state index contributed by atoms with van der Waals surface area (Å²) in [5.74, 6) is 0.222. The molecule has 0 saturated heterocycles. The lowest BCUT2D eigenvalue weighted by atomic mass is 10.2. The van der Waals surface area contributed by atoms with Crippen molar-refractivity contribution >= 4 is 11.4 Å². The van der Waals surface area contributed by atoms with Crippen molar-refractivity contribution in [1.29, 1.82) is 0 Å². The molecule has 0 aliphatic carbocycles. The highest BCUT2D eigenvalue weighted by atomic mass is 16.6. The standard InChI is InChI=1S/C17H16N4O3/c1-24-17-11-13(7-8-16(17)21(22)23)18-12-14-9-10-20(19-14)15-5-3-2-4-6-15/h2-11,18H,12H2,1H3. The number of ether oxygens (including phenoxy) is 1. The molecule has 7 nitrogen and oxygen atoms in total. The van der Waals surface area contributed by atoms with Gasteiger partial charge in [-0.15, -0.1) is 0 Å². The Morgan fingerprint density at radius 1 is 1.21 bits per heavy atom. The molecular weight excluding hydrogens is 308 g/mol. The molecule has 24 heavy (non-hydrogen) atoms. The highest BCUT2D eigenvalue weighted by Crippen LogP contribution is 2.29. The van der Waals surface area contributed by atoms with E-state index in [0.717, 1.165) is 17.1 Å². The number of rotatable bonds is 6. The van der Waals surface area contributed by atoms with Gasteiger partial charge in [-0.3, -0.25) is 10.1 Å². The van der Waals surface area contributed by atoms with Crippen LogP contribution in [0.25, 0.3) is 5.69 Å². The van der Waals surface area contributed by atoms with Crippen LogP contribution in [0.1, 0.15) is 5.69 Å². The van der Waals surface area contributed by atoms with Crippen molar-refractivity contribution in [1.82, 2.24) is 9.78 Å². The average Bonchev–Trinajstić information content (AvgIpc) is 3.09. The van der Waals surface area contributed by atoms with Crippen LogP contribution < -0.4 is 10.1 Å². The lowest BCUT2D eigenvalue weighted by Gasteiger charge is -2.07. The summed E-state index contributed by atoms with van der Waals surface area (Å²) in [7, 11) is 1.41. The SMILES string of the molecule is COc1cc(NCc2ccn(-c3ccccc3)n2)ccc1[N+](=O)[O-]. The predicted octanol–water partition coefficient (Wildman–Crippen LogP) is 3.40. The molecular formula is C17H16N4O3. The quantitative estimate of drug-likeness (QED) is 0.555. The van der Waals surface area contributed by atoms with Crippen molar-refractivity contribution in [3.05, 3.63) is 76.6 Å². The second-order valence-corrected chi connectivity index (χ2v) is 5.08. The normalized spacial score (nSPS) is 10.4. The van der Waals surface area contributed by atoms with E-state index in [2.05, 4.69) is 10.4 Å². The maximum Gasteiger partial charge on any atom is 0.311 e. The highest BCUT2D eigenvalue weighted by Gasteiger charge is 2.14. The molecule has 0 aliphatic rings. The van der Waals surface area contributed by atoms with E-state index in [1.165, 1.54) is 13.2 Å². The lowest BCUT2D eigenvalue weighted by Crippen LogP contribution is -2.03. The summed E-state index contributed by atoms with van der Waals surface area (Å²) < 4.78 is 6.86.